The Bertz CT molecular complexity index is 880. The lowest BCUT2D eigenvalue weighted by Crippen LogP contribution is -2.19. The molecule has 1 N–H and O–H groups in total. The minimum absolute atomic E-state index is 0.122. The molecule has 3 rings (SSSR count). The first-order valence-electron chi connectivity index (χ1n) is 7.98. The minimum atomic E-state index is -0.122. The molecule has 1 aliphatic heterocycles. The van der Waals surface area contributed by atoms with Crippen molar-refractivity contribution in [3.05, 3.63) is 63.6 Å². The van der Waals surface area contributed by atoms with Gasteiger partial charge >= 0.3 is 0 Å². The first-order chi connectivity index (χ1) is 12.0. The smallest absolute Gasteiger partial charge is 0.264 e. The highest BCUT2D eigenvalue weighted by Crippen LogP contribution is 2.31. The second-order valence-corrected chi connectivity index (χ2v) is 6.98. The molecule has 0 atom stereocenters. The molecule has 0 spiro atoms. The van der Waals surface area contributed by atoms with Crippen LogP contribution in [0, 0.1) is 20.8 Å². The molecule has 4 nitrogen and oxygen atoms in total. The molecule has 0 saturated carbocycles. The molecule has 5 heteroatoms. The molecule has 1 saturated heterocycles. The van der Waals surface area contributed by atoms with Gasteiger partial charge < -0.3 is 10.1 Å². The van der Waals surface area contributed by atoms with Crippen LogP contribution in [0.3, 0.4) is 0 Å². The fourth-order valence-corrected chi connectivity index (χ4v) is 3.53. The maximum atomic E-state index is 12.3. The van der Waals surface area contributed by atoms with Gasteiger partial charge in [0.2, 0.25) is 0 Å². The maximum Gasteiger partial charge on any atom is 0.264 e. The number of para-hydroxylation sites is 1. The Morgan fingerprint density at radius 2 is 1.80 bits per heavy atom. The molecule has 25 heavy (non-hydrogen) atoms. The van der Waals surface area contributed by atoms with Gasteiger partial charge in [-0.1, -0.05) is 24.3 Å². The number of carbonyl (C=O) groups excluding carboxylic acids is 1. The third-order valence-corrected chi connectivity index (χ3v) is 4.93. The van der Waals surface area contributed by atoms with Crippen LogP contribution in [0.1, 0.15) is 22.3 Å². The number of hydrogen-bond acceptors (Lipinski definition) is 4. The highest BCUT2D eigenvalue weighted by Gasteiger charge is 2.24. The maximum absolute atomic E-state index is 12.3. The summed E-state index contributed by atoms with van der Waals surface area (Å²) in [5, 5.41) is 3.46. The lowest BCUT2D eigenvalue weighted by atomic mass is 10.1. The number of benzene rings is 2. The molecule has 0 unspecified atom stereocenters. The zero-order valence-corrected chi connectivity index (χ0v) is 15.5. The summed E-state index contributed by atoms with van der Waals surface area (Å²) in [6.45, 7) is 6.02. The number of ether oxygens (including phenoxy) is 1. The zero-order valence-electron chi connectivity index (χ0n) is 14.7. The van der Waals surface area contributed by atoms with Gasteiger partial charge in [0.1, 0.15) is 5.75 Å². The highest BCUT2D eigenvalue weighted by atomic mass is 32.2. The van der Waals surface area contributed by atoms with Crippen molar-refractivity contribution in [3.63, 3.8) is 0 Å². The van der Waals surface area contributed by atoms with Gasteiger partial charge in [-0.15, -0.1) is 0 Å². The number of carbonyl (C=O) groups is 1. The summed E-state index contributed by atoms with van der Waals surface area (Å²) in [5.41, 5.74) is 5.08. The van der Waals surface area contributed by atoms with E-state index in [1.165, 1.54) is 11.8 Å². The molecule has 2 aromatic rings. The van der Waals surface area contributed by atoms with Gasteiger partial charge in [0.05, 0.1) is 17.7 Å². The topological polar surface area (TPSA) is 50.7 Å². The Labute approximate surface area is 152 Å². The van der Waals surface area contributed by atoms with Crippen LogP contribution in [0.5, 0.6) is 5.75 Å². The van der Waals surface area contributed by atoms with E-state index in [1.54, 1.807) is 7.11 Å². The van der Waals surface area contributed by atoms with Crippen molar-refractivity contribution < 1.29 is 9.53 Å². The largest absolute Gasteiger partial charge is 0.496 e. The van der Waals surface area contributed by atoms with Crippen LogP contribution < -0.4 is 10.1 Å². The summed E-state index contributed by atoms with van der Waals surface area (Å²) in [7, 11) is 1.65. The SMILES string of the molecule is COc1ccc(/C=C2\SC(=Nc3c(C)cccc3C)NC2=O)cc1C. The fourth-order valence-electron chi connectivity index (χ4n) is 2.71. The Morgan fingerprint density at radius 1 is 1.08 bits per heavy atom. The Kier molecular flexibility index (Phi) is 4.95. The van der Waals surface area contributed by atoms with Gasteiger partial charge in [-0.2, -0.15) is 0 Å². The number of nitrogens with zero attached hydrogens (tertiary/aromatic N) is 1. The highest BCUT2D eigenvalue weighted by molar-refractivity contribution is 8.18. The number of nitrogens with one attached hydrogen (secondary N) is 1. The number of aliphatic imine (C=N–C) groups is 1. The average molecular weight is 352 g/mol. The monoisotopic (exact) mass is 352 g/mol. The van der Waals surface area contributed by atoms with Crippen molar-refractivity contribution >= 4 is 34.6 Å². The number of thioether (sulfide) groups is 1. The first-order valence-corrected chi connectivity index (χ1v) is 8.80. The van der Waals surface area contributed by atoms with Crippen LogP contribution in [0.15, 0.2) is 46.3 Å². The third-order valence-electron chi connectivity index (χ3n) is 4.02. The summed E-state index contributed by atoms with van der Waals surface area (Å²) in [6, 6.07) is 11.9. The lowest BCUT2D eigenvalue weighted by molar-refractivity contribution is -0.115. The standard InChI is InChI=1S/C20H20N2O2S/c1-12-6-5-7-13(2)18(12)21-20-22-19(23)17(25-20)11-15-8-9-16(24-4)14(3)10-15/h5-11H,1-4H3,(H,21,22,23)/b17-11-. The lowest BCUT2D eigenvalue weighted by Gasteiger charge is -2.05. The fraction of sp³-hybridized carbons (Fsp3) is 0.200. The second kappa shape index (κ2) is 7.15. The van der Waals surface area contributed by atoms with Gasteiger partial charge in [0.25, 0.3) is 5.91 Å². The normalized spacial score (nSPS) is 17.2. The van der Waals surface area contributed by atoms with Gasteiger partial charge in [-0.25, -0.2) is 4.99 Å². The quantitative estimate of drug-likeness (QED) is 0.827. The van der Waals surface area contributed by atoms with Crippen LogP contribution >= 0.6 is 11.8 Å². The molecule has 1 amide bonds. The molecule has 0 bridgehead atoms. The average Bonchev–Trinajstić information content (AvgIpc) is 2.91. The molecule has 0 aromatic heterocycles. The number of rotatable bonds is 3. The second-order valence-electron chi connectivity index (χ2n) is 5.95. The van der Waals surface area contributed by atoms with Crippen molar-refractivity contribution in [1.29, 1.82) is 0 Å². The van der Waals surface area contributed by atoms with E-state index in [-0.39, 0.29) is 5.91 Å². The first kappa shape index (κ1) is 17.3. The van der Waals surface area contributed by atoms with E-state index in [0.717, 1.165) is 33.7 Å². The number of methoxy groups -OCH3 is 1. The van der Waals surface area contributed by atoms with E-state index in [4.69, 9.17) is 4.74 Å². The predicted molar refractivity (Wildman–Crippen MR) is 104 cm³/mol. The summed E-state index contributed by atoms with van der Waals surface area (Å²) in [5.74, 6) is 0.714. The number of amidine groups is 1. The summed E-state index contributed by atoms with van der Waals surface area (Å²) >= 11 is 1.36. The number of aryl methyl sites for hydroxylation is 3. The number of hydrogen-bond donors (Lipinski definition) is 1. The Morgan fingerprint density at radius 3 is 2.44 bits per heavy atom. The molecular weight excluding hydrogens is 332 g/mol. The molecule has 1 fully saturated rings. The molecule has 2 aromatic carbocycles. The van der Waals surface area contributed by atoms with E-state index in [1.807, 2.05) is 63.2 Å². The third kappa shape index (κ3) is 3.77. The van der Waals surface area contributed by atoms with E-state index in [9.17, 15) is 4.79 Å². The molecule has 0 radical (unpaired) electrons. The van der Waals surface area contributed by atoms with Crippen LogP contribution in [-0.2, 0) is 4.79 Å². The van der Waals surface area contributed by atoms with Gasteiger partial charge in [0, 0.05) is 0 Å². The predicted octanol–water partition coefficient (Wildman–Crippen LogP) is 4.51. The van der Waals surface area contributed by atoms with Crippen LogP contribution in [0.4, 0.5) is 5.69 Å². The molecule has 1 aliphatic rings. The van der Waals surface area contributed by atoms with E-state index < -0.39 is 0 Å². The zero-order chi connectivity index (χ0) is 18.0. The van der Waals surface area contributed by atoms with Crippen LogP contribution in [0.25, 0.3) is 6.08 Å². The van der Waals surface area contributed by atoms with E-state index in [2.05, 4.69) is 10.3 Å². The van der Waals surface area contributed by atoms with E-state index in [0.29, 0.717) is 10.1 Å². The number of amides is 1. The summed E-state index contributed by atoms with van der Waals surface area (Å²) < 4.78 is 5.27. The molecule has 128 valence electrons. The van der Waals surface area contributed by atoms with Crippen LogP contribution in [-0.4, -0.2) is 18.2 Å². The van der Waals surface area contributed by atoms with Crippen molar-refractivity contribution in [2.75, 3.05) is 7.11 Å². The van der Waals surface area contributed by atoms with Gasteiger partial charge in [-0.05, 0) is 73.0 Å². The molecular formula is C20H20N2O2S. The van der Waals surface area contributed by atoms with Crippen molar-refractivity contribution in [2.24, 2.45) is 4.99 Å². The summed E-state index contributed by atoms with van der Waals surface area (Å²) in [6.07, 6.45) is 1.87. The van der Waals surface area contributed by atoms with Gasteiger partial charge in [-0.3, -0.25) is 4.79 Å². The van der Waals surface area contributed by atoms with Crippen molar-refractivity contribution in [2.45, 2.75) is 20.8 Å². The van der Waals surface area contributed by atoms with Crippen LogP contribution in [0.2, 0.25) is 0 Å². The molecule has 1 heterocycles. The van der Waals surface area contributed by atoms with Crippen molar-refractivity contribution in [1.82, 2.24) is 5.32 Å². The van der Waals surface area contributed by atoms with E-state index >= 15 is 0 Å². The van der Waals surface area contributed by atoms with Crippen molar-refractivity contribution in [3.8, 4) is 5.75 Å². The summed E-state index contributed by atoms with van der Waals surface area (Å²) in [4.78, 5) is 17.5. The molecule has 0 aliphatic carbocycles. The van der Waals surface area contributed by atoms with Gasteiger partial charge in [0.15, 0.2) is 5.17 Å². The Hall–Kier alpha value is -2.53. The minimum Gasteiger partial charge on any atom is -0.496 e. The Balaban J connectivity index is 1.88.